The van der Waals surface area contributed by atoms with Gasteiger partial charge in [0.2, 0.25) is 0 Å². The van der Waals surface area contributed by atoms with E-state index in [1.54, 1.807) is 6.07 Å². The van der Waals surface area contributed by atoms with Gasteiger partial charge in [0.05, 0.1) is 0 Å². The standard InChI is InChI=1S/C16H18O/c1-3-13-9-8-12(2)10-15(13)11-14-6-4-5-7-16(14)17/h4-11,13,17H,3H2,1-2H3. The van der Waals surface area contributed by atoms with E-state index < -0.39 is 0 Å². The largest absolute Gasteiger partial charge is 0.507 e. The normalized spacial score (nSPS) is 21.6. The van der Waals surface area contributed by atoms with Crippen LogP contribution in [0.2, 0.25) is 0 Å². The predicted octanol–water partition coefficient (Wildman–Crippen LogP) is 4.32. The van der Waals surface area contributed by atoms with E-state index in [0.29, 0.717) is 11.7 Å². The number of benzene rings is 1. The van der Waals surface area contributed by atoms with Crippen LogP contribution in [0, 0.1) is 5.92 Å². The second-order valence-corrected chi connectivity index (χ2v) is 4.47. The minimum absolute atomic E-state index is 0.343. The molecule has 0 aliphatic heterocycles. The highest BCUT2D eigenvalue weighted by molar-refractivity contribution is 5.63. The zero-order valence-electron chi connectivity index (χ0n) is 10.4. The minimum Gasteiger partial charge on any atom is -0.507 e. The molecule has 1 atom stereocenters. The van der Waals surface area contributed by atoms with Crippen LogP contribution in [0.4, 0.5) is 0 Å². The van der Waals surface area contributed by atoms with Gasteiger partial charge in [0.15, 0.2) is 0 Å². The van der Waals surface area contributed by atoms with Gasteiger partial charge in [-0.25, -0.2) is 0 Å². The van der Waals surface area contributed by atoms with Gasteiger partial charge >= 0.3 is 0 Å². The Kier molecular flexibility index (Phi) is 3.48. The van der Waals surface area contributed by atoms with E-state index in [0.717, 1.165) is 12.0 Å². The molecule has 1 aliphatic rings. The number of hydrogen-bond donors (Lipinski definition) is 1. The Labute approximate surface area is 103 Å². The summed E-state index contributed by atoms with van der Waals surface area (Å²) in [5, 5.41) is 9.78. The van der Waals surface area contributed by atoms with E-state index in [1.165, 1.54) is 11.1 Å². The van der Waals surface area contributed by atoms with Gasteiger partial charge < -0.3 is 5.11 Å². The molecule has 1 aliphatic carbocycles. The van der Waals surface area contributed by atoms with Crippen LogP contribution in [0.25, 0.3) is 6.08 Å². The van der Waals surface area contributed by atoms with Crippen molar-refractivity contribution >= 4 is 6.08 Å². The van der Waals surface area contributed by atoms with E-state index in [-0.39, 0.29) is 0 Å². The highest BCUT2D eigenvalue weighted by Crippen LogP contribution is 2.29. The van der Waals surface area contributed by atoms with Crippen molar-refractivity contribution < 1.29 is 5.11 Å². The van der Waals surface area contributed by atoms with E-state index in [2.05, 4.69) is 38.2 Å². The van der Waals surface area contributed by atoms with E-state index in [4.69, 9.17) is 0 Å². The summed E-state index contributed by atoms with van der Waals surface area (Å²) < 4.78 is 0. The van der Waals surface area contributed by atoms with Gasteiger partial charge in [-0.2, -0.15) is 0 Å². The molecule has 0 amide bonds. The SMILES string of the molecule is CCC1C=CC(C)=CC1=Cc1ccccc1O. The summed E-state index contributed by atoms with van der Waals surface area (Å²) in [5.41, 5.74) is 3.42. The Hall–Kier alpha value is -1.76. The van der Waals surface area contributed by atoms with Gasteiger partial charge in [0.1, 0.15) is 5.75 Å². The third-order valence-corrected chi connectivity index (χ3v) is 3.11. The molecule has 0 heterocycles. The molecule has 1 unspecified atom stereocenters. The van der Waals surface area contributed by atoms with E-state index in [1.807, 2.05) is 18.2 Å². The summed E-state index contributed by atoms with van der Waals surface area (Å²) in [6.07, 6.45) is 9.76. The molecular weight excluding hydrogens is 208 g/mol. The predicted molar refractivity (Wildman–Crippen MR) is 72.8 cm³/mol. The molecule has 0 bridgehead atoms. The topological polar surface area (TPSA) is 20.2 Å². The Morgan fingerprint density at radius 3 is 2.76 bits per heavy atom. The van der Waals surface area contributed by atoms with Crippen molar-refractivity contribution in [3.05, 3.63) is 59.2 Å². The van der Waals surface area contributed by atoms with Gasteiger partial charge in [-0.15, -0.1) is 0 Å². The summed E-state index contributed by atoms with van der Waals surface area (Å²) in [5.74, 6) is 0.800. The summed E-state index contributed by atoms with van der Waals surface area (Å²) >= 11 is 0. The van der Waals surface area contributed by atoms with Crippen molar-refractivity contribution in [2.45, 2.75) is 20.3 Å². The zero-order chi connectivity index (χ0) is 12.3. The fourth-order valence-corrected chi connectivity index (χ4v) is 2.11. The number of allylic oxidation sites excluding steroid dienone is 5. The molecule has 1 heteroatoms. The first-order chi connectivity index (χ1) is 8.20. The maximum atomic E-state index is 9.78. The summed E-state index contributed by atoms with van der Waals surface area (Å²) in [4.78, 5) is 0. The Balaban J connectivity index is 2.38. The lowest BCUT2D eigenvalue weighted by molar-refractivity contribution is 0.474. The van der Waals surface area contributed by atoms with Crippen LogP contribution < -0.4 is 0 Å². The van der Waals surface area contributed by atoms with Crippen molar-refractivity contribution in [3.63, 3.8) is 0 Å². The monoisotopic (exact) mass is 226 g/mol. The van der Waals surface area contributed by atoms with Crippen LogP contribution >= 0.6 is 0 Å². The molecule has 0 fully saturated rings. The molecular formula is C16H18O. The van der Waals surface area contributed by atoms with Crippen molar-refractivity contribution in [3.8, 4) is 5.75 Å². The van der Waals surface area contributed by atoms with Gasteiger partial charge in [0.25, 0.3) is 0 Å². The molecule has 0 saturated carbocycles. The third-order valence-electron chi connectivity index (χ3n) is 3.11. The van der Waals surface area contributed by atoms with Crippen LogP contribution in [-0.4, -0.2) is 5.11 Å². The van der Waals surface area contributed by atoms with E-state index in [9.17, 15) is 5.11 Å². The second kappa shape index (κ2) is 5.05. The third kappa shape index (κ3) is 2.68. The first-order valence-electron chi connectivity index (χ1n) is 6.07. The Morgan fingerprint density at radius 1 is 1.29 bits per heavy atom. The molecule has 1 nitrogen and oxygen atoms in total. The smallest absolute Gasteiger partial charge is 0.122 e. The molecule has 1 N–H and O–H groups in total. The van der Waals surface area contributed by atoms with Gasteiger partial charge in [-0.1, -0.05) is 48.9 Å². The van der Waals surface area contributed by atoms with Crippen LogP contribution in [-0.2, 0) is 0 Å². The molecule has 0 saturated heterocycles. The van der Waals surface area contributed by atoms with E-state index >= 15 is 0 Å². The molecule has 17 heavy (non-hydrogen) atoms. The minimum atomic E-state index is 0.343. The number of para-hydroxylation sites is 1. The van der Waals surface area contributed by atoms with Crippen molar-refractivity contribution in [2.24, 2.45) is 5.92 Å². The van der Waals surface area contributed by atoms with Crippen LogP contribution in [0.5, 0.6) is 5.75 Å². The van der Waals surface area contributed by atoms with Crippen LogP contribution in [0.1, 0.15) is 25.8 Å². The van der Waals surface area contributed by atoms with Gasteiger partial charge in [-0.05, 0) is 31.1 Å². The lowest BCUT2D eigenvalue weighted by Gasteiger charge is -2.17. The summed E-state index contributed by atoms with van der Waals surface area (Å²) in [6.45, 7) is 4.28. The average Bonchev–Trinajstić information content (AvgIpc) is 2.32. The number of hydrogen-bond acceptors (Lipinski definition) is 1. The molecule has 0 radical (unpaired) electrons. The fourth-order valence-electron chi connectivity index (χ4n) is 2.11. The van der Waals surface area contributed by atoms with Crippen molar-refractivity contribution in [2.75, 3.05) is 0 Å². The van der Waals surface area contributed by atoms with Crippen LogP contribution in [0.15, 0.2) is 53.6 Å². The lowest BCUT2D eigenvalue weighted by Crippen LogP contribution is -2.01. The second-order valence-electron chi connectivity index (χ2n) is 4.47. The number of phenols is 1. The highest BCUT2D eigenvalue weighted by Gasteiger charge is 2.11. The van der Waals surface area contributed by atoms with Crippen molar-refractivity contribution in [1.29, 1.82) is 0 Å². The van der Waals surface area contributed by atoms with Gasteiger partial charge in [-0.3, -0.25) is 0 Å². The van der Waals surface area contributed by atoms with Crippen LogP contribution in [0.3, 0.4) is 0 Å². The Morgan fingerprint density at radius 2 is 2.06 bits per heavy atom. The zero-order valence-corrected chi connectivity index (χ0v) is 10.4. The first kappa shape index (κ1) is 11.7. The average molecular weight is 226 g/mol. The maximum Gasteiger partial charge on any atom is 0.122 e. The number of aromatic hydroxyl groups is 1. The molecule has 0 spiro atoms. The maximum absolute atomic E-state index is 9.78. The molecule has 1 aromatic rings. The van der Waals surface area contributed by atoms with Gasteiger partial charge in [0, 0.05) is 11.5 Å². The highest BCUT2D eigenvalue weighted by atomic mass is 16.3. The molecule has 88 valence electrons. The Bertz CT molecular complexity index is 492. The molecule has 0 aromatic heterocycles. The number of phenolic OH excluding ortho intramolecular Hbond substituents is 1. The lowest BCUT2D eigenvalue weighted by atomic mass is 9.88. The first-order valence-corrected chi connectivity index (χ1v) is 6.07. The quantitative estimate of drug-likeness (QED) is 0.796. The summed E-state index contributed by atoms with van der Waals surface area (Å²) in [7, 11) is 0. The van der Waals surface area contributed by atoms with Crippen molar-refractivity contribution in [1.82, 2.24) is 0 Å². The molecule has 1 aromatic carbocycles. The number of rotatable bonds is 2. The molecule has 2 rings (SSSR count). The fraction of sp³-hybridized carbons (Fsp3) is 0.250. The summed E-state index contributed by atoms with van der Waals surface area (Å²) in [6, 6.07) is 7.46.